The molecule has 7 nitrogen and oxygen atoms in total. The van der Waals surface area contributed by atoms with E-state index >= 15 is 0 Å². The Hall–Kier alpha value is -2.65. The molecule has 1 heterocycles. The minimum atomic E-state index is -0.507. The maximum Gasteiger partial charge on any atom is 0.257 e. The number of benzene rings is 1. The molecule has 1 atom stereocenters. The van der Waals surface area contributed by atoms with Gasteiger partial charge in [-0.15, -0.1) is 0 Å². The molecule has 0 radical (unpaired) electrons. The molecule has 0 saturated heterocycles. The van der Waals surface area contributed by atoms with Gasteiger partial charge in [0.15, 0.2) is 10.9 Å². The van der Waals surface area contributed by atoms with E-state index in [9.17, 15) is 18.8 Å². The van der Waals surface area contributed by atoms with E-state index < -0.39 is 17.6 Å². The summed E-state index contributed by atoms with van der Waals surface area (Å²) in [6.45, 7) is 3.85. The van der Waals surface area contributed by atoms with Gasteiger partial charge in [0.1, 0.15) is 5.82 Å². The maximum atomic E-state index is 13.3. The Morgan fingerprint density at radius 3 is 2.70 bits per heavy atom. The molecule has 30 heavy (non-hydrogen) atoms. The van der Waals surface area contributed by atoms with E-state index in [0.29, 0.717) is 30.1 Å². The number of hydrogen-bond donors (Lipinski definition) is 1. The van der Waals surface area contributed by atoms with Gasteiger partial charge in [-0.1, -0.05) is 17.4 Å². The van der Waals surface area contributed by atoms with E-state index in [4.69, 9.17) is 0 Å². The second kappa shape index (κ2) is 9.44. The predicted octanol–water partition coefficient (Wildman–Crippen LogP) is 2.69. The zero-order chi connectivity index (χ0) is 21.8. The fraction of sp³-hybridized carbons (Fsp3) is 0.429. The van der Waals surface area contributed by atoms with Crippen molar-refractivity contribution < 1.29 is 18.8 Å². The first-order valence-electron chi connectivity index (χ1n) is 9.81. The molecule has 2 amide bonds. The number of Topliss-reactive ketones (excluding diaryl/α,β-unsaturated/α-hetero) is 1. The van der Waals surface area contributed by atoms with Gasteiger partial charge in [0.2, 0.25) is 5.91 Å². The van der Waals surface area contributed by atoms with Crippen molar-refractivity contribution in [2.45, 2.75) is 19.8 Å². The molecule has 0 fully saturated rings. The van der Waals surface area contributed by atoms with Gasteiger partial charge in [-0.05, 0) is 39.2 Å². The number of carbonyl (C=O) groups is 3. The summed E-state index contributed by atoms with van der Waals surface area (Å²) in [7, 11) is 3.90. The summed E-state index contributed by atoms with van der Waals surface area (Å²) in [6.07, 6.45) is 0.508. The van der Waals surface area contributed by atoms with Crippen LogP contribution in [0, 0.1) is 11.7 Å². The van der Waals surface area contributed by atoms with Crippen LogP contribution in [-0.4, -0.2) is 66.1 Å². The first-order valence-corrected chi connectivity index (χ1v) is 10.6. The second-order valence-electron chi connectivity index (χ2n) is 7.51. The Kier molecular flexibility index (Phi) is 6.94. The van der Waals surface area contributed by atoms with Crippen LogP contribution < -0.4 is 5.32 Å². The lowest BCUT2D eigenvalue weighted by atomic mass is 9.89. The van der Waals surface area contributed by atoms with Gasteiger partial charge in [0.05, 0.1) is 16.5 Å². The standard InChI is InChI=1S/C21H25FN4O3S/c1-4-26(9-8-25(2)3)20(29)14-11-16-18(17(27)12-14)30-21(23-16)24-19(28)13-6-5-7-15(22)10-13/h5-7,10,14H,4,8-9,11-12H2,1-3H3,(H,23,24,28)/t14-/m1/s1. The number of carbonyl (C=O) groups excluding carboxylic acids is 3. The number of nitrogens with one attached hydrogen (secondary N) is 1. The number of amides is 2. The zero-order valence-corrected chi connectivity index (χ0v) is 18.1. The van der Waals surface area contributed by atoms with Crippen molar-refractivity contribution >= 4 is 34.1 Å². The summed E-state index contributed by atoms with van der Waals surface area (Å²) in [5.74, 6) is -1.63. The van der Waals surface area contributed by atoms with Crippen molar-refractivity contribution in [1.82, 2.24) is 14.8 Å². The normalized spacial score (nSPS) is 15.8. The molecule has 0 spiro atoms. The second-order valence-corrected chi connectivity index (χ2v) is 8.51. The Bertz CT molecular complexity index is 959. The number of rotatable bonds is 7. The molecule has 0 saturated carbocycles. The van der Waals surface area contributed by atoms with E-state index in [0.717, 1.165) is 23.9 Å². The Labute approximate surface area is 178 Å². The lowest BCUT2D eigenvalue weighted by molar-refractivity contribution is -0.135. The molecule has 2 aromatic rings. The molecule has 0 unspecified atom stereocenters. The molecular formula is C21H25FN4O3S. The highest BCUT2D eigenvalue weighted by atomic mass is 32.1. The van der Waals surface area contributed by atoms with Gasteiger partial charge in [-0.25, -0.2) is 9.37 Å². The minimum absolute atomic E-state index is 0.0447. The largest absolute Gasteiger partial charge is 0.341 e. The van der Waals surface area contributed by atoms with Crippen LogP contribution in [0.1, 0.15) is 39.1 Å². The van der Waals surface area contributed by atoms with Crippen molar-refractivity contribution in [3.63, 3.8) is 0 Å². The number of thiazole rings is 1. The molecule has 9 heteroatoms. The third-order valence-corrected chi connectivity index (χ3v) is 6.04. The number of nitrogens with zero attached hydrogens (tertiary/aromatic N) is 3. The van der Waals surface area contributed by atoms with Gasteiger partial charge in [-0.2, -0.15) is 0 Å². The quantitative estimate of drug-likeness (QED) is 0.727. The number of aromatic nitrogens is 1. The Balaban J connectivity index is 1.71. The van der Waals surface area contributed by atoms with Crippen LogP contribution in [0.2, 0.25) is 0 Å². The highest BCUT2D eigenvalue weighted by molar-refractivity contribution is 7.17. The molecule has 1 aromatic heterocycles. The van der Waals surface area contributed by atoms with Crippen LogP contribution in [0.25, 0.3) is 0 Å². The van der Waals surface area contributed by atoms with Gasteiger partial charge in [-0.3, -0.25) is 19.7 Å². The average Bonchev–Trinajstić information content (AvgIpc) is 3.11. The monoisotopic (exact) mass is 432 g/mol. The number of anilines is 1. The van der Waals surface area contributed by atoms with Crippen LogP contribution in [0.15, 0.2) is 24.3 Å². The summed E-state index contributed by atoms with van der Waals surface area (Å²) < 4.78 is 13.3. The van der Waals surface area contributed by atoms with Gasteiger partial charge in [0, 0.05) is 38.0 Å². The smallest absolute Gasteiger partial charge is 0.257 e. The average molecular weight is 433 g/mol. The molecule has 160 valence electrons. The van der Waals surface area contributed by atoms with Crippen LogP contribution in [0.5, 0.6) is 0 Å². The first kappa shape index (κ1) is 22.0. The van der Waals surface area contributed by atoms with E-state index in [2.05, 4.69) is 10.3 Å². The van der Waals surface area contributed by atoms with Gasteiger partial charge >= 0.3 is 0 Å². The summed E-state index contributed by atoms with van der Waals surface area (Å²) in [5.41, 5.74) is 0.704. The molecule has 0 aliphatic heterocycles. The number of likely N-dealkylation sites (N-methyl/N-ethyl adjacent to an activating group) is 2. The molecule has 1 aromatic carbocycles. The first-order chi connectivity index (χ1) is 14.3. The minimum Gasteiger partial charge on any atom is -0.341 e. The van der Waals surface area contributed by atoms with Crippen molar-refractivity contribution in [2.75, 3.05) is 39.0 Å². The van der Waals surface area contributed by atoms with Crippen molar-refractivity contribution in [1.29, 1.82) is 0 Å². The summed E-state index contributed by atoms with van der Waals surface area (Å²) >= 11 is 1.09. The molecular weight excluding hydrogens is 407 g/mol. The lowest BCUT2D eigenvalue weighted by Gasteiger charge is -2.28. The molecule has 1 aliphatic carbocycles. The fourth-order valence-electron chi connectivity index (χ4n) is 3.36. The number of ketones is 1. The van der Waals surface area contributed by atoms with Gasteiger partial charge < -0.3 is 9.80 Å². The van der Waals surface area contributed by atoms with Crippen molar-refractivity contribution in [3.8, 4) is 0 Å². The van der Waals surface area contributed by atoms with E-state index in [1.807, 2.05) is 25.9 Å². The van der Waals surface area contributed by atoms with E-state index in [1.54, 1.807) is 4.90 Å². The highest BCUT2D eigenvalue weighted by Gasteiger charge is 2.35. The molecule has 1 aliphatic rings. The summed E-state index contributed by atoms with van der Waals surface area (Å²) in [6, 6.07) is 5.34. The summed E-state index contributed by atoms with van der Waals surface area (Å²) in [5, 5.41) is 2.90. The topological polar surface area (TPSA) is 82.6 Å². The zero-order valence-electron chi connectivity index (χ0n) is 17.3. The molecule has 1 N–H and O–H groups in total. The third-order valence-electron chi connectivity index (χ3n) is 4.99. The van der Waals surface area contributed by atoms with E-state index in [1.165, 1.54) is 18.2 Å². The SMILES string of the molecule is CCN(CCN(C)C)C(=O)[C@H]1CC(=O)c2sc(NC(=O)c3cccc(F)c3)nc2C1. The third kappa shape index (κ3) is 5.09. The number of halogens is 1. The Morgan fingerprint density at radius 1 is 1.27 bits per heavy atom. The number of fused-ring (bicyclic) bond motifs is 1. The molecule has 3 rings (SSSR count). The number of hydrogen-bond acceptors (Lipinski definition) is 6. The van der Waals surface area contributed by atoms with E-state index in [-0.39, 0.29) is 28.8 Å². The van der Waals surface area contributed by atoms with Gasteiger partial charge in [0.25, 0.3) is 5.91 Å². The van der Waals surface area contributed by atoms with Crippen molar-refractivity contribution in [3.05, 3.63) is 46.2 Å². The predicted molar refractivity (Wildman–Crippen MR) is 113 cm³/mol. The Morgan fingerprint density at radius 2 is 2.03 bits per heavy atom. The van der Waals surface area contributed by atoms with Crippen LogP contribution >= 0.6 is 11.3 Å². The molecule has 0 bridgehead atoms. The fourth-order valence-corrected chi connectivity index (χ4v) is 4.30. The lowest BCUT2D eigenvalue weighted by Crippen LogP contribution is -2.42. The maximum absolute atomic E-state index is 13.3. The van der Waals surface area contributed by atoms with Crippen LogP contribution in [-0.2, 0) is 11.2 Å². The van der Waals surface area contributed by atoms with Crippen LogP contribution in [0.4, 0.5) is 9.52 Å². The van der Waals surface area contributed by atoms with Crippen molar-refractivity contribution in [2.24, 2.45) is 5.92 Å². The van der Waals surface area contributed by atoms with Crippen LogP contribution in [0.3, 0.4) is 0 Å². The summed E-state index contributed by atoms with van der Waals surface area (Å²) in [4.78, 5) is 46.5. The highest BCUT2D eigenvalue weighted by Crippen LogP contribution is 2.33.